The first-order valence-corrected chi connectivity index (χ1v) is 11.2. The van der Waals surface area contributed by atoms with Crippen molar-refractivity contribution < 1.29 is 13.2 Å². The lowest BCUT2D eigenvalue weighted by Gasteiger charge is -2.13. The van der Waals surface area contributed by atoms with Crippen molar-refractivity contribution in [3.8, 4) is 0 Å². The van der Waals surface area contributed by atoms with Crippen LogP contribution < -0.4 is 10.0 Å². The third-order valence-electron chi connectivity index (χ3n) is 4.93. The standard InChI is InChI=1S/C23H23ClN2O3S/c1-14-6-10-20(11-17(14)4)26-30(28,29)22-12-18(8-5-16(22)3)23(27)25-19-9-7-15(2)21(24)13-19/h5-13,26H,1-4H3,(H,25,27). The van der Waals surface area contributed by atoms with Crippen LogP contribution in [0.4, 0.5) is 11.4 Å². The molecule has 0 bridgehead atoms. The lowest BCUT2D eigenvalue weighted by molar-refractivity contribution is 0.102. The molecule has 5 nitrogen and oxygen atoms in total. The van der Waals surface area contributed by atoms with Gasteiger partial charge < -0.3 is 5.32 Å². The number of hydrogen-bond acceptors (Lipinski definition) is 3. The molecular weight excluding hydrogens is 420 g/mol. The summed E-state index contributed by atoms with van der Waals surface area (Å²) in [7, 11) is -3.87. The van der Waals surface area contributed by atoms with Crippen molar-refractivity contribution in [2.24, 2.45) is 0 Å². The highest BCUT2D eigenvalue weighted by atomic mass is 35.5. The molecule has 0 saturated heterocycles. The van der Waals surface area contributed by atoms with Gasteiger partial charge in [0, 0.05) is 22.0 Å². The number of amides is 1. The highest BCUT2D eigenvalue weighted by Gasteiger charge is 2.20. The van der Waals surface area contributed by atoms with Gasteiger partial charge in [-0.2, -0.15) is 0 Å². The van der Waals surface area contributed by atoms with Crippen molar-refractivity contribution in [1.29, 1.82) is 0 Å². The fourth-order valence-corrected chi connectivity index (χ4v) is 4.42. The predicted octanol–water partition coefficient (Wildman–Crippen LogP) is 5.63. The monoisotopic (exact) mass is 442 g/mol. The van der Waals surface area contributed by atoms with Crippen molar-refractivity contribution >= 4 is 38.9 Å². The van der Waals surface area contributed by atoms with Gasteiger partial charge in [-0.1, -0.05) is 29.8 Å². The maximum absolute atomic E-state index is 13.0. The minimum Gasteiger partial charge on any atom is -0.322 e. The van der Waals surface area contributed by atoms with Crippen LogP contribution in [0.3, 0.4) is 0 Å². The van der Waals surface area contributed by atoms with Crippen LogP contribution in [0.15, 0.2) is 59.5 Å². The summed E-state index contributed by atoms with van der Waals surface area (Å²) >= 11 is 6.11. The smallest absolute Gasteiger partial charge is 0.262 e. The highest BCUT2D eigenvalue weighted by molar-refractivity contribution is 7.92. The maximum Gasteiger partial charge on any atom is 0.262 e. The molecule has 7 heteroatoms. The maximum atomic E-state index is 13.0. The fourth-order valence-electron chi connectivity index (χ4n) is 2.92. The molecule has 0 fully saturated rings. The van der Waals surface area contributed by atoms with Gasteiger partial charge in [0.15, 0.2) is 0 Å². The Labute approximate surface area is 182 Å². The number of sulfonamides is 1. The van der Waals surface area contributed by atoms with Crippen LogP contribution in [0.5, 0.6) is 0 Å². The van der Waals surface area contributed by atoms with Gasteiger partial charge in [0.25, 0.3) is 15.9 Å². The number of carbonyl (C=O) groups excluding carboxylic acids is 1. The van der Waals surface area contributed by atoms with Crippen LogP contribution in [0, 0.1) is 27.7 Å². The lowest BCUT2D eigenvalue weighted by atomic mass is 10.1. The Morgan fingerprint density at radius 3 is 2.07 bits per heavy atom. The first kappa shape index (κ1) is 21.9. The molecule has 0 heterocycles. The molecule has 0 saturated carbocycles. The van der Waals surface area contributed by atoms with Gasteiger partial charge in [0.2, 0.25) is 0 Å². The number of anilines is 2. The number of nitrogens with one attached hydrogen (secondary N) is 2. The first-order chi connectivity index (χ1) is 14.1. The van der Waals surface area contributed by atoms with Crippen molar-refractivity contribution in [3.63, 3.8) is 0 Å². The Bertz CT molecular complexity index is 1240. The molecule has 3 rings (SSSR count). The molecule has 0 unspecified atom stereocenters. The zero-order valence-corrected chi connectivity index (χ0v) is 18.8. The summed E-state index contributed by atoms with van der Waals surface area (Å²) in [5, 5.41) is 3.29. The topological polar surface area (TPSA) is 75.3 Å². The van der Waals surface area contributed by atoms with E-state index in [1.807, 2.05) is 26.8 Å². The van der Waals surface area contributed by atoms with E-state index < -0.39 is 15.9 Å². The first-order valence-electron chi connectivity index (χ1n) is 9.35. The third-order valence-corrected chi connectivity index (χ3v) is 6.86. The summed E-state index contributed by atoms with van der Waals surface area (Å²) in [6.45, 7) is 7.44. The van der Waals surface area contributed by atoms with E-state index in [0.29, 0.717) is 22.0 Å². The SMILES string of the molecule is Cc1ccc(NS(=O)(=O)c2cc(C(=O)Nc3ccc(C)c(Cl)c3)ccc2C)cc1C. The predicted molar refractivity (Wildman–Crippen MR) is 122 cm³/mol. The van der Waals surface area contributed by atoms with E-state index in [1.54, 1.807) is 49.4 Å². The van der Waals surface area contributed by atoms with E-state index in [1.165, 1.54) is 6.07 Å². The summed E-state index contributed by atoms with van der Waals surface area (Å²) in [5.74, 6) is -0.419. The van der Waals surface area contributed by atoms with Crippen molar-refractivity contribution in [3.05, 3.63) is 87.4 Å². The van der Waals surface area contributed by atoms with Gasteiger partial charge >= 0.3 is 0 Å². The van der Waals surface area contributed by atoms with E-state index in [9.17, 15) is 13.2 Å². The van der Waals surface area contributed by atoms with Gasteiger partial charge in [0.05, 0.1) is 4.90 Å². The highest BCUT2D eigenvalue weighted by Crippen LogP contribution is 2.24. The zero-order valence-electron chi connectivity index (χ0n) is 17.2. The summed E-state index contributed by atoms with van der Waals surface area (Å²) in [6.07, 6.45) is 0. The largest absolute Gasteiger partial charge is 0.322 e. The Kier molecular flexibility index (Phi) is 6.19. The molecule has 30 heavy (non-hydrogen) atoms. The van der Waals surface area contributed by atoms with Crippen molar-refractivity contribution in [2.45, 2.75) is 32.6 Å². The van der Waals surface area contributed by atoms with Crippen LogP contribution in [0.2, 0.25) is 5.02 Å². The van der Waals surface area contributed by atoms with Gasteiger partial charge in [-0.3, -0.25) is 9.52 Å². The summed E-state index contributed by atoms with van der Waals surface area (Å²) in [6, 6.07) is 15.1. The van der Waals surface area contributed by atoms with Crippen LogP contribution in [0.1, 0.15) is 32.6 Å². The number of aryl methyl sites for hydroxylation is 4. The second kappa shape index (κ2) is 8.50. The Hall–Kier alpha value is -2.83. The van der Waals surface area contributed by atoms with Crippen molar-refractivity contribution in [1.82, 2.24) is 0 Å². The Morgan fingerprint density at radius 1 is 0.767 bits per heavy atom. The molecule has 3 aromatic rings. The molecule has 0 radical (unpaired) electrons. The van der Waals surface area contributed by atoms with Crippen LogP contribution >= 0.6 is 11.6 Å². The number of halogens is 1. The average Bonchev–Trinajstić information content (AvgIpc) is 2.67. The minimum atomic E-state index is -3.87. The Balaban J connectivity index is 1.88. The molecule has 0 aliphatic rings. The molecule has 0 aliphatic carbocycles. The molecule has 0 aromatic heterocycles. The van der Waals surface area contributed by atoms with E-state index in [2.05, 4.69) is 10.0 Å². The number of rotatable bonds is 5. The quantitative estimate of drug-likeness (QED) is 0.537. The van der Waals surface area contributed by atoms with Gasteiger partial charge in [-0.05, 0) is 86.3 Å². The van der Waals surface area contributed by atoms with Gasteiger partial charge in [-0.25, -0.2) is 8.42 Å². The van der Waals surface area contributed by atoms with Gasteiger partial charge in [-0.15, -0.1) is 0 Å². The van der Waals surface area contributed by atoms with E-state index in [0.717, 1.165) is 16.7 Å². The summed E-state index contributed by atoms with van der Waals surface area (Å²) in [4.78, 5) is 12.7. The number of carbonyl (C=O) groups is 1. The molecule has 1 amide bonds. The molecule has 0 spiro atoms. The van der Waals surface area contributed by atoms with Crippen LogP contribution in [-0.2, 0) is 10.0 Å². The second-order valence-corrected chi connectivity index (χ2v) is 9.36. The number of benzene rings is 3. The molecule has 0 aliphatic heterocycles. The molecule has 2 N–H and O–H groups in total. The molecular formula is C23H23ClN2O3S. The lowest BCUT2D eigenvalue weighted by Crippen LogP contribution is -2.17. The van der Waals surface area contributed by atoms with Crippen LogP contribution in [-0.4, -0.2) is 14.3 Å². The molecule has 156 valence electrons. The van der Waals surface area contributed by atoms with E-state index in [-0.39, 0.29) is 10.5 Å². The second-order valence-electron chi connectivity index (χ2n) is 7.30. The normalized spacial score (nSPS) is 11.2. The Morgan fingerprint density at radius 2 is 1.40 bits per heavy atom. The van der Waals surface area contributed by atoms with Gasteiger partial charge in [0.1, 0.15) is 0 Å². The minimum absolute atomic E-state index is 0.0512. The summed E-state index contributed by atoms with van der Waals surface area (Å²) in [5.41, 5.74) is 4.74. The number of hydrogen-bond donors (Lipinski definition) is 2. The third kappa shape index (κ3) is 4.83. The average molecular weight is 443 g/mol. The fraction of sp³-hybridized carbons (Fsp3) is 0.174. The van der Waals surface area contributed by atoms with Crippen molar-refractivity contribution in [2.75, 3.05) is 10.0 Å². The zero-order chi connectivity index (χ0) is 22.1. The van der Waals surface area contributed by atoms with E-state index >= 15 is 0 Å². The molecule has 3 aromatic carbocycles. The van der Waals surface area contributed by atoms with Crippen LogP contribution in [0.25, 0.3) is 0 Å². The van der Waals surface area contributed by atoms with E-state index in [4.69, 9.17) is 11.6 Å². The molecule has 0 atom stereocenters. The summed E-state index contributed by atoms with van der Waals surface area (Å²) < 4.78 is 28.5.